The van der Waals surface area contributed by atoms with Gasteiger partial charge in [-0.05, 0) is 45.2 Å². The molecule has 0 bridgehead atoms. The molecule has 3 atom stereocenters. The fraction of sp³-hybridized carbons (Fsp3) is 1.00. The molecule has 66 valence electrons. The Labute approximate surface area is 70.8 Å². The van der Waals surface area contributed by atoms with Crippen LogP contribution in [0.25, 0.3) is 0 Å². The second-order valence-electron chi connectivity index (χ2n) is 4.43. The highest BCUT2D eigenvalue weighted by molar-refractivity contribution is 4.80. The first-order chi connectivity index (χ1) is 5.11. The van der Waals surface area contributed by atoms with Crippen LogP contribution in [0.5, 0.6) is 0 Å². The van der Waals surface area contributed by atoms with Crippen molar-refractivity contribution in [2.24, 2.45) is 11.8 Å². The third-order valence-electron chi connectivity index (χ3n) is 3.05. The van der Waals surface area contributed by atoms with Crippen LogP contribution in [0, 0.1) is 11.8 Å². The smallest absolute Gasteiger partial charge is 0.0115 e. The van der Waals surface area contributed by atoms with Crippen molar-refractivity contribution < 1.29 is 0 Å². The number of rotatable bonds is 1. The molecule has 1 fully saturated rings. The van der Waals surface area contributed by atoms with E-state index in [-0.39, 0.29) is 0 Å². The largest absolute Gasteiger partial charge is 0.306 e. The maximum Gasteiger partial charge on any atom is 0.0115 e. The van der Waals surface area contributed by atoms with Gasteiger partial charge in [0.25, 0.3) is 0 Å². The second-order valence-corrected chi connectivity index (χ2v) is 4.43. The van der Waals surface area contributed by atoms with Gasteiger partial charge in [-0.1, -0.05) is 13.8 Å². The van der Waals surface area contributed by atoms with E-state index in [0.717, 1.165) is 17.9 Å². The molecule has 0 aliphatic heterocycles. The Kier molecular flexibility index (Phi) is 2.94. The average molecular weight is 155 g/mol. The van der Waals surface area contributed by atoms with Gasteiger partial charge in [0.2, 0.25) is 0 Å². The maximum absolute atomic E-state index is 2.39. The normalized spacial score (nSPS) is 39.5. The predicted molar refractivity (Wildman–Crippen MR) is 49.7 cm³/mol. The third kappa shape index (κ3) is 2.19. The van der Waals surface area contributed by atoms with Crippen molar-refractivity contribution in [1.82, 2.24) is 4.90 Å². The first-order valence-corrected chi connectivity index (χ1v) is 4.77. The zero-order chi connectivity index (χ0) is 8.43. The Bertz CT molecular complexity index is 120. The third-order valence-corrected chi connectivity index (χ3v) is 3.05. The minimum atomic E-state index is 0.839. The highest BCUT2D eigenvalue weighted by Gasteiger charge is 2.26. The van der Waals surface area contributed by atoms with Crippen LogP contribution in [-0.4, -0.2) is 25.0 Å². The van der Waals surface area contributed by atoms with Gasteiger partial charge in [-0.3, -0.25) is 0 Å². The van der Waals surface area contributed by atoms with Crippen molar-refractivity contribution in [2.75, 3.05) is 14.1 Å². The Morgan fingerprint density at radius 1 is 1.09 bits per heavy atom. The van der Waals surface area contributed by atoms with Crippen LogP contribution in [0.1, 0.15) is 33.1 Å². The SMILES string of the molecule is CC1CCC(N(C)C)C(C)C1. The van der Waals surface area contributed by atoms with Gasteiger partial charge in [-0.25, -0.2) is 0 Å². The van der Waals surface area contributed by atoms with E-state index in [1.165, 1.54) is 19.3 Å². The van der Waals surface area contributed by atoms with Crippen LogP contribution in [0.2, 0.25) is 0 Å². The quantitative estimate of drug-likeness (QED) is 0.562. The molecule has 0 amide bonds. The number of hydrogen-bond acceptors (Lipinski definition) is 1. The molecule has 0 radical (unpaired) electrons. The van der Waals surface area contributed by atoms with Crippen molar-refractivity contribution in [2.45, 2.75) is 39.2 Å². The summed E-state index contributed by atoms with van der Waals surface area (Å²) in [6, 6.07) is 0.839. The highest BCUT2D eigenvalue weighted by Crippen LogP contribution is 2.30. The van der Waals surface area contributed by atoms with E-state index in [4.69, 9.17) is 0 Å². The van der Waals surface area contributed by atoms with Gasteiger partial charge in [0.1, 0.15) is 0 Å². The molecule has 1 nitrogen and oxygen atoms in total. The molecule has 11 heavy (non-hydrogen) atoms. The lowest BCUT2D eigenvalue weighted by Gasteiger charge is -2.36. The monoisotopic (exact) mass is 155 g/mol. The minimum Gasteiger partial charge on any atom is -0.306 e. The van der Waals surface area contributed by atoms with Crippen LogP contribution < -0.4 is 0 Å². The molecule has 1 saturated carbocycles. The van der Waals surface area contributed by atoms with Crippen LogP contribution in [0.4, 0.5) is 0 Å². The molecular formula is C10H21N. The molecule has 0 heterocycles. The van der Waals surface area contributed by atoms with Crippen molar-refractivity contribution >= 4 is 0 Å². The lowest BCUT2D eigenvalue weighted by atomic mass is 9.79. The minimum absolute atomic E-state index is 0.839. The van der Waals surface area contributed by atoms with E-state index < -0.39 is 0 Å². The molecule has 0 aromatic carbocycles. The van der Waals surface area contributed by atoms with Crippen molar-refractivity contribution in [3.8, 4) is 0 Å². The zero-order valence-electron chi connectivity index (χ0n) is 8.30. The van der Waals surface area contributed by atoms with Gasteiger partial charge >= 0.3 is 0 Å². The Hall–Kier alpha value is -0.0400. The summed E-state index contributed by atoms with van der Waals surface area (Å²) in [5.41, 5.74) is 0. The first-order valence-electron chi connectivity index (χ1n) is 4.77. The fourth-order valence-electron chi connectivity index (χ4n) is 2.42. The van der Waals surface area contributed by atoms with E-state index >= 15 is 0 Å². The second kappa shape index (κ2) is 3.57. The lowest BCUT2D eigenvalue weighted by Crippen LogP contribution is -2.37. The number of nitrogens with zero attached hydrogens (tertiary/aromatic N) is 1. The molecule has 3 unspecified atom stereocenters. The summed E-state index contributed by atoms with van der Waals surface area (Å²) in [6.45, 7) is 4.77. The van der Waals surface area contributed by atoms with E-state index in [2.05, 4.69) is 32.8 Å². The summed E-state index contributed by atoms with van der Waals surface area (Å²) < 4.78 is 0. The molecule has 0 aromatic heterocycles. The standard InChI is InChI=1S/C10H21N/c1-8-5-6-10(11(3)4)9(2)7-8/h8-10H,5-7H2,1-4H3. The highest BCUT2D eigenvalue weighted by atomic mass is 15.1. The summed E-state index contributed by atoms with van der Waals surface area (Å²) in [5, 5.41) is 0. The van der Waals surface area contributed by atoms with E-state index in [1.807, 2.05) is 0 Å². The van der Waals surface area contributed by atoms with Gasteiger partial charge in [-0.15, -0.1) is 0 Å². The first kappa shape index (κ1) is 9.05. The van der Waals surface area contributed by atoms with Crippen LogP contribution in [-0.2, 0) is 0 Å². The van der Waals surface area contributed by atoms with Gasteiger partial charge in [-0.2, -0.15) is 0 Å². The predicted octanol–water partition coefficient (Wildman–Crippen LogP) is 2.37. The Morgan fingerprint density at radius 3 is 2.18 bits per heavy atom. The summed E-state index contributed by atoms with van der Waals surface area (Å²) >= 11 is 0. The molecule has 1 heteroatoms. The molecule has 0 saturated heterocycles. The Morgan fingerprint density at radius 2 is 1.73 bits per heavy atom. The lowest BCUT2D eigenvalue weighted by molar-refractivity contribution is 0.139. The molecule has 1 aliphatic carbocycles. The van der Waals surface area contributed by atoms with E-state index in [0.29, 0.717) is 0 Å². The van der Waals surface area contributed by atoms with Crippen molar-refractivity contribution in [1.29, 1.82) is 0 Å². The van der Waals surface area contributed by atoms with Crippen LogP contribution in [0.3, 0.4) is 0 Å². The fourth-order valence-corrected chi connectivity index (χ4v) is 2.42. The topological polar surface area (TPSA) is 3.24 Å². The summed E-state index contributed by atoms with van der Waals surface area (Å²) in [6.07, 6.45) is 4.24. The van der Waals surface area contributed by atoms with Crippen LogP contribution >= 0.6 is 0 Å². The molecule has 0 N–H and O–H groups in total. The van der Waals surface area contributed by atoms with Gasteiger partial charge in [0.05, 0.1) is 0 Å². The molecule has 0 aromatic rings. The van der Waals surface area contributed by atoms with Gasteiger partial charge < -0.3 is 4.90 Å². The molecule has 0 spiro atoms. The van der Waals surface area contributed by atoms with E-state index in [9.17, 15) is 0 Å². The Balaban J connectivity index is 2.44. The summed E-state index contributed by atoms with van der Waals surface area (Å²) in [7, 11) is 4.41. The average Bonchev–Trinajstić information content (AvgIpc) is 1.85. The van der Waals surface area contributed by atoms with Gasteiger partial charge in [0.15, 0.2) is 0 Å². The zero-order valence-corrected chi connectivity index (χ0v) is 8.30. The summed E-state index contributed by atoms with van der Waals surface area (Å²) in [5.74, 6) is 1.86. The number of hydrogen-bond donors (Lipinski definition) is 0. The van der Waals surface area contributed by atoms with Gasteiger partial charge in [0, 0.05) is 6.04 Å². The summed E-state index contributed by atoms with van der Waals surface area (Å²) in [4.78, 5) is 2.39. The maximum atomic E-state index is 2.39. The molecule has 1 rings (SSSR count). The molecule has 1 aliphatic rings. The van der Waals surface area contributed by atoms with Crippen molar-refractivity contribution in [3.63, 3.8) is 0 Å². The van der Waals surface area contributed by atoms with E-state index in [1.54, 1.807) is 0 Å². The van der Waals surface area contributed by atoms with Crippen molar-refractivity contribution in [3.05, 3.63) is 0 Å². The molecular weight excluding hydrogens is 134 g/mol. The van der Waals surface area contributed by atoms with Crippen LogP contribution in [0.15, 0.2) is 0 Å².